The number of carbonyl (C=O) groups excluding carboxylic acids is 1. The molecule has 0 aliphatic rings. The Bertz CT molecular complexity index is 311. The van der Waals surface area contributed by atoms with Crippen LogP contribution in [0.5, 0.6) is 0 Å². The van der Waals surface area contributed by atoms with Crippen molar-refractivity contribution >= 4 is 5.91 Å². The number of rotatable bonds is 6. The quantitative estimate of drug-likeness (QED) is 0.798. The van der Waals surface area contributed by atoms with E-state index in [2.05, 4.69) is 17.2 Å². The monoisotopic (exact) mass is 220 g/mol. The van der Waals surface area contributed by atoms with Crippen molar-refractivity contribution in [2.75, 3.05) is 6.54 Å². The van der Waals surface area contributed by atoms with Crippen LogP contribution in [-0.2, 0) is 11.2 Å². The summed E-state index contributed by atoms with van der Waals surface area (Å²) in [5, 5.41) is 2.94. The van der Waals surface area contributed by atoms with E-state index in [1.807, 2.05) is 25.1 Å². The second kappa shape index (κ2) is 6.99. The third kappa shape index (κ3) is 4.43. The van der Waals surface area contributed by atoms with Crippen LogP contribution in [0, 0.1) is 5.92 Å². The number of aromatic nitrogens is 1. The Labute approximate surface area is 97.3 Å². The highest BCUT2D eigenvalue weighted by Gasteiger charge is 2.10. The predicted molar refractivity (Wildman–Crippen MR) is 65.0 cm³/mol. The number of carbonyl (C=O) groups is 1. The maximum atomic E-state index is 11.6. The van der Waals surface area contributed by atoms with Gasteiger partial charge in [0, 0.05) is 30.8 Å². The van der Waals surface area contributed by atoms with E-state index in [1.165, 1.54) is 0 Å². The minimum absolute atomic E-state index is 0.119. The first-order valence-electron chi connectivity index (χ1n) is 5.91. The molecule has 88 valence electrons. The van der Waals surface area contributed by atoms with E-state index in [9.17, 15) is 4.79 Å². The molecule has 0 saturated heterocycles. The third-order valence-electron chi connectivity index (χ3n) is 2.58. The zero-order chi connectivity index (χ0) is 11.8. The molecule has 1 heterocycles. The van der Waals surface area contributed by atoms with Crippen molar-refractivity contribution in [1.29, 1.82) is 0 Å². The van der Waals surface area contributed by atoms with Gasteiger partial charge in [0.05, 0.1) is 0 Å². The zero-order valence-electron chi connectivity index (χ0n) is 10.1. The molecule has 1 N–H and O–H groups in total. The molecule has 1 atom stereocenters. The van der Waals surface area contributed by atoms with E-state index < -0.39 is 0 Å². The Morgan fingerprint density at radius 3 is 2.94 bits per heavy atom. The Balaban J connectivity index is 2.23. The van der Waals surface area contributed by atoms with Gasteiger partial charge in [-0.15, -0.1) is 0 Å². The average molecular weight is 220 g/mol. The van der Waals surface area contributed by atoms with Crippen LogP contribution in [0.15, 0.2) is 24.4 Å². The summed E-state index contributed by atoms with van der Waals surface area (Å²) in [4.78, 5) is 15.8. The van der Waals surface area contributed by atoms with E-state index in [-0.39, 0.29) is 11.8 Å². The molecule has 0 fully saturated rings. The fourth-order valence-corrected chi connectivity index (χ4v) is 1.60. The lowest BCUT2D eigenvalue weighted by Crippen LogP contribution is -2.30. The van der Waals surface area contributed by atoms with E-state index >= 15 is 0 Å². The van der Waals surface area contributed by atoms with Gasteiger partial charge in [-0.05, 0) is 18.6 Å². The number of hydrogen-bond donors (Lipinski definition) is 1. The number of nitrogens with zero attached hydrogens (tertiary/aromatic N) is 1. The molecule has 1 unspecified atom stereocenters. The van der Waals surface area contributed by atoms with Crippen molar-refractivity contribution in [2.24, 2.45) is 5.92 Å². The van der Waals surface area contributed by atoms with Gasteiger partial charge in [-0.2, -0.15) is 0 Å². The van der Waals surface area contributed by atoms with Gasteiger partial charge in [-0.3, -0.25) is 9.78 Å². The molecule has 1 aromatic rings. The lowest BCUT2D eigenvalue weighted by Gasteiger charge is -2.10. The SMILES string of the molecule is CCCC(C)C(=O)NCCc1ccccn1. The van der Waals surface area contributed by atoms with Gasteiger partial charge in [0.2, 0.25) is 5.91 Å². The molecule has 3 heteroatoms. The van der Waals surface area contributed by atoms with Gasteiger partial charge in [-0.25, -0.2) is 0 Å². The van der Waals surface area contributed by atoms with Crippen LogP contribution in [0.25, 0.3) is 0 Å². The van der Waals surface area contributed by atoms with Crippen LogP contribution in [-0.4, -0.2) is 17.4 Å². The summed E-state index contributed by atoms with van der Waals surface area (Å²) < 4.78 is 0. The number of hydrogen-bond acceptors (Lipinski definition) is 2. The Kier molecular flexibility index (Phi) is 5.54. The van der Waals surface area contributed by atoms with Crippen molar-refractivity contribution in [3.63, 3.8) is 0 Å². The topological polar surface area (TPSA) is 42.0 Å². The molecule has 0 radical (unpaired) electrons. The normalized spacial score (nSPS) is 12.1. The lowest BCUT2D eigenvalue weighted by atomic mass is 10.1. The van der Waals surface area contributed by atoms with Gasteiger partial charge in [0.15, 0.2) is 0 Å². The second-order valence-electron chi connectivity index (χ2n) is 4.05. The van der Waals surface area contributed by atoms with E-state index in [0.29, 0.717) is 6.54 Å². The number of nitrogens with one attached hydrogen (secondary N) is 1. The molecule has 0 bridgehead atoms. The van der Waals surface area contributed by atoms with Crippen molar-refractivity contribution in [2.45, 2.75) is 33.1 Å². The van der Waals surface area contributed by atoms with Crippen LogP contribution in [0.2, 0.25) is 0 Å². The average Bonchev–Trinajstić information content (AvgIpc) is 2.30. The molecule has 0 saturated carbocycles. The molecular weight excluding hydrogens is 200 g/mol. The molecule has 1 amide bonds. The highest BCUT2D eigenvalue weighted by atomic mass is 16.1. The molecule has 0 aliphatic carbocycles. The molecule has 0 aliphatic heterocycles. The Morgan fingerprint density at radius 1 is 1.50 bits per heavy atom. The summed E-state index contributed by atoms with van der Waals surface area (Å²) in [6, 6.07) is 5.83. The molecule has 16 heavy (non-hydrogen) atoms. The fraction of sp³-hybridized carbons (Fsp3) is 0.538. The van der Waals surface area contributed by atoms with Crippen molar-refractivity contribution in [3.05, 3.63) is 30.1 Å². The molecule has 0 aromatic carbocycles. The smallest absolute Gasteiger partial charge is 0.222 e. The predicted octanol–water partition coefficient (Wildman–Crippen LogP) is 2.18. The van der Waals surface area contributed by atoms with E-state index in [4.69, 9.17) is 0 Å². The largest absolute Gasteiger partial charge is 0.355 e. The fourth-order valence-electron chi connectivity index (χ4n) is 1.60. The van der Waals surface area contributed by atoms with Gasteiger partial charge in [0.25, 0.3) is 0 Å². The summed E-state index contributed by atoms with van der Waals surface area (Å²) in [6.07, 6.45) is 4.58. The molecule has 1 aromatic heterocycles. The van der Waals surface area contributed by atoms with Gasteiger partial charge in [-0.1, -0.05) is 26.3 Å². The van der Waals surface area contributed by atoms with E-state index in [0.717, 1.165) is 25.0 Å². The van der Waals surface area contributed by atoms with Crippen LogP contribution < -0.4 is 5.32 Å². The maximum absolute atomic E-state index is 11.6. The van der Waals surface area contributed by atoms with Crippen LogP contribution in [0.3, 0.4) is 0 Å². The van der Waals surface area contributed by atoms with Crippen LogP contribution in [0.1, 0.15) is 32.4 Å². The molecule has 0 spiro atoms. The van der Waals surface area contributed by atoms with Crippen LogP contribution in [0.4, 0.5) is 0 Å². The lowest BCUT2D eigenvalue weighted by molar-refractivity contribution is -0.124. The number of pyridine rings is 1. The highest BCUT2D eigenvalue weighted by Crippen LogP contribution is 2.04. The van der Waals surface area contributed by atoms with Crippen molar-refractivity contribution < 1.29 is 4.79 Å². The van der Waals surface area contributed by atoms with E-state index in [1.54, 1.807) is 6.20 Å². The molecule has 3 nitrogen and oxygen atoms in total. The first-order valence-corrected chi connectivity index (χ1v) is 5.91. The minimum Gasteiger partial charge on any atom is -0.355 e. The minimum atomic E-state index is 0.119. The summed E-state index contributed by atoms with van der Waals surface area (Å²) >= 11 is 0. The standard InChI is InChI=1S/C13H20N2O/c1-3-6-11(2)13(16)15-10-8-12-7-4-5-9-14-12/h4-5,7,9,11H,3,6,8,10H2,1-2H3,(H,15,16). The van der Waals surface area contributed by atoms with Gasteiger partial charge >= 0.3 is 0 Å². The summed E-state index contributed by atoms with van der Waals surface area (Å²) in [7, 11) is 0. The Hall–Kier alpha value is -1.38. The first-order chi connectivity index (χ1) is 7.74. The molecular formula is C13H20N2O. The highest BCUT2D eigenvalue weighted by molar-refractivity contribution is 5.78. The summed E-state index contributed by atoms with van der Waals surface area (Å²) in [6.45, 7) is 4.74. The van der Waals surface area contributed by atoms with Crippen LogP contribution >= 0.6 is 0 Å². The third-order valence-corrected chi connectivity index (χ3v) is 2.58. The summed E-state index contributed by atoms with van der Waals surface area (Å²) in [5.41, 5.74) is 1.02. The number of amides is 1. The van der Waals surface area contributed by atoms with Crippen molar-refractivity contribution in [1.82, 2.24) is 10.3 Å². The summed E-state index contributed by atoms with van der Waals surface area (Å²) in [5.74, 6) is 0.270. The van der Waals surface area contributed by atoms with Gasteiger partial charge in [0.1, 0.15) is 0 Å². The van der Waals surface area contributed by atoms with Crippen molar-refractivity contribution in [3.8, 4) is 0 Å². The second-order valence-corrected chi connectivity index (χ2v) is 4.05. The maximum Gasteiger partial charge on any atom is 0.222 e. The molecule has 1 rings (SSSR count). The zero-order valence-corrected chi connectivity index (χ0v) is 10.1. The Morgan fingerprint density at radius 2 is 2.31 bits per heavy atom. The van der Waals surface area contributed by atoms with Gasteiger partial charge < -0.3 is 5.32 Å². The first kappa shape index (κ1) is 12.7.